The molecular formula is C23H21ClN4O4S2. The van der Waals surface area contributed by atoms with Gasteiger partial charge in [0.15, 0.2) is 11.6 Å². The van der Waals surface area contributed by atoms with Crippen LogP contribution in [0.2, 0.25) is 4.34 Å². The van der Waals surface area contributed by atoms with Crippen LogP contribution in [0.5, 0.6) is 0 Å². The van der Waals surface area contributed by atoms with Crippen molar-refractivity contribution in [1.29, 1.82) is 0 Å². The van der Waals surface area contributed by atoms with Crippen molar-refractivity contribution < 1.29 is 18.0 Å². The summed E-state index contributed by atoms with van der Waals surface area (Å²) in [5, 5.41) is 7.72. The number of hydrogen-bond donors (Lipinski definition) is 2. The minimum atomic E-state index is -3.95. The number of aromatic nitrogens is 2. The second-order valence-electron chi connectivity index (χ2n) is 7.66. The standard InChI is InChI=1S/C23H21ClN4O4S2/c1-14(29)18-7-4-8-19-22(18)23(27-34(31,32)21-10-9-20(24)33-21)26-28(19)13-17-6-3-5-16(11-17)12-25-15(2)30/h3-11H,12-13H2,1-2H3,(H,25,30)(H,26,27). The number of fused-ring (bicyclic) bond motifs is 1. The van der Waals surface area contributed by atoms with Crippen molar-refractivity contribution in [2.24, 2.45) is 0 Å². The highest BCUT2D eigenvalue weighted by Crippen LogP contribution is 2.32. The highest BCUT2D eigenvalue weighted by Gasteiger charge is 2.23. The Balaban J connectivity index is 1.76. The number of benzene rings is 2. The van der Waals surface area contributed by atoms with Crippen LogP contribution in [0.4, 0.5) is 5.82 Å². The lowest BCUT2D eigenvalue weighted by molar-refractivity contribution is -0.119. The summed E-state index contributed by atoms with van der Waals surface area (Å²) in [6.07, 6.45) is 0. The van der Waals surface area contributed by atoms with Crippen LogP contribution in [0.15, 0.2) is 58.8 Å². The number of thiophene rings is 1. The molecule has 0 saturated heterocycles. The number of carbonyl (C=O) groups is 2. The molecule has 11 heteroatoms. The van der Waals surface area contributed by atoms with E-state index in [-0.39, 0.29) is 21.7 Å². The van der Waals surface area contributed by atoms with Gasteiger partial charge in [0.1, 0.15) is 4.21 Å². The molecular weight excluding hydrogens is 496 g/mol. The van der Waals surface area contributed by atoms with Crippen LogP contribution >= 0.6 is 22.9 Å². The molecule has 0 spiro atoms. The quantitative estimate of drug-likeness (QED) is 0.336. The van der Waals surface area contributed by atoms with Gasteiger partial charge in [0.2, 0.25) is 5.91 Å². The van der Waals surface area contributed by atoms with E-state index < -0.39 is 10.0 Å². The highest BCUT2D eigenvalue weighted by molar-refractivity contribution is 7.94. The Morgan fingerprint density at radius 2 is 1.79 bits per heavy atom. The van der Waals surface area contributed by atoms with Gasteiger partial charge in [-0.05, 0) is 36.2 Å². The SMILES string of the molecule is CC(=O)NCc1cccc(Cn2nc(NS(=O)(=O)c3ccc(Cl)s3)c3c(C(C)=O)cccc32)c1. The smallest absolute Gasteiger partial charge is 0.272 e. The van der Waals surface area contributed by atoms with Crippen LogP contribution in [0, 0.1) is 0 Å². The fraction of sp³-hybridized carbons (Fsp3) is 0.174. The van der Waals surface area contributed by atoms with Crippen LogP contribution in [0.1, 0.15) is 35.3 Å². The van der Waals surface area contributed by atoms with Gasteiger partial charge in [-0.25, -0.2) is 8.42 Å². The number of carbonyl (C=O) groups excluding carboxylic acids is 2. The number of rotatable bonds is 8. The molecule has 2 aromatic carbocycles. The Labute approximate surface area is 205 Å². The Morgan fingerprint density at radius 3 is 2.47 bits per heavy atom. The molecule has 0 fully saturated rings. The lowest BCUT2D eigenvalue weighted by Gasteiger charge is -2.07. The van der Waals surface area contributed by atoms with Crippen LogP contribution in [0.3, 0.4) is 0 Å². The van der Waals surface area contributed by atoms with Gasteiger partial charge in [0.05, 0.1) is 21.8 Å². The maximum atomic E-state index is 13.0. The van der Waals surface area contributed by atoms with E-state index >= 15 is 0 Å². The lowest BCUT2D eigenvalue weighted by Crippen LogP contribution is -2.19. The third-order valence-corrected chi connectivity index (χ3v) is 8.13. The molecule has 2 heterocycles. The summed E-state index contributed by atoms with van der Waals surface area (Å²) in [6, 6.07) is 15.7. The van der Waals surface area contributed by atoms with Gasteiger partial charge in [-0.1, -0.05) is 48.0 Å². The maximum absolute atomic E-state index is 13.0. The normalized spacial score (nSPS) is 11.5. The first-order chi connectivity index (χ1) is 16.1. The molecule has 0 atom stereocenters. The minimum absolute atomic E-state index is 0.0474. The molecule has 8 nitrogen and oxygen atoms in total. The van der Waals surface area contributed by atoms with Crippen LogP contribution in [-0.2, 0) is 27.9 Å². The molecule has 0 unspecified atom stereocenters. The average Bonchev–Trinajstić information content (AvgIpc) is 3.37. The molecule has 2 aromatic heterocycles. The van der Waals surface area contributed by atoms with E-state index in [1.165, 1.54) is 26.0 Å². The summed E-state index contributed by atoms with van der Waals surface area (Å²) < 4.78 is 30.5. The Kier molecular flexibility index (Phi) is 6.74. The van der Waals surface area contributed by atoms with Crippen molar-refractivity contribution in [2.45, 2.75) is 31.1 Å². The first-order valence-corrected chi connectivity index (χ1v) is 12.9. The van der Waals surface area contributed by atoms with E-state index in [1.807, 2.05) is 24.3 Å². The molecule has 0 radical (unpaired) electrons. The second-order valence-corrected chi connectivity index (χ2v) is 11.3. The first-order valence-electron chi connectivity index (χ1n) is 10.2. The van der Waals surface area contributed by atoms with Crippen LogP contribution < -0.4 is 10.0 Å². The molecule has 0 aliphatic carbocycles. The van der Waals surface area contributed by atoms with Crippen molar-refractivity contribution in [3.63, 3.8) is 0 Å². The summed E-state index contributed by atoms with van der Waals surface area (Å²) in [5.41, 5.74) is 2.80. The second kappa shape index (κ2) is 9.57. The number of Topliss-reactive ketones (excluding diaryl/α,β-unsaturated/α-hetero) is 1. The highest BCUT2D eigenvalue weighted by atomic mass is 35.5. The summed E-state index contributed by atoms with van der Waals surface area (Å²) in [7, 11) is -3.95. The van der Waals surface area contributed by atoms with E-state index in [0.29, 0.717) is 33.9 Å². The van der Waals surface area contributed by atoms with E-state index in [2.05, 4.69) is 15.1 Å². The predicted octanol–water partition coefficient (Wildman–Crippen LogP) is 4.44. The number of nitrogens with zero attached hydrogens (tertiary/aromatic N) is 2. The van der Waals surface area contributed by atoms with Crippen molar-refractivity contribution >= 4 is 61.4 Å². The van der Waals surface area contributed by atoms with Gasteiger partial charge in [0.25, 0.3) is 10.0 Å². The number of halogens is 1. The Morgan fingerprint density at radius 1 is 1.06 bits per heavy atom. The molecule has 0 saturated carbocycles. The summed E-state index contributed by atoms with van der Waals surface area (Å²) >= 11 is 6.85. The van der Waals surface area contributed by atoms with E-state index in [9.17, 15) is 18.0 Å². The van der Waals surface area contributed by atoms with Gasteiger partial charge < -0.3 is 5.32 Å². The number of anilines is 1. The van der Waals surface area contributed by atoms with Crippen molar-refractivity contribution in [1.82, 2.24) is 15.1 Å². The Bertz CT molecular complexity index is 1510. The van der Waals surface area contributed by atoms with Gasteiger partial charge >= 0.3 is 0 Å². The molecule has 0 aliphatic heterocycles. The number of nitrogens with one attached hydrogen (secondary N) is 2. The van der Waals surface area contributed by atoms with Gasteiger partial charge in [0, 0.05) is 19.0 Å². The number of amides is 1. The fourth-order valence-electron chi connectivity index (χ4n) is 3.57. The molecule has 4 aromatic rings. The summed E-state index contributed by atoms with van der Waals surface area (Å²) in [6.45, 7) is 3.61. The topological polar surface area (TPSA) is 110 Å². The molecule has 2 N–H and O–H groups in total. The summed E-state index contributed by atoms with van der Waals surface area (Å²) in [5.74, 6) is -0.258. The number of hydrogen-bond acceptors (Lipinski definition) is 6. The third kappa shape index (κ3) is 5.14. The van der Waals surface area contributed by atoms with Gasteiger partial charge in [-0.3, -0.25) is 19.0 Å². The van der Waals surface area contributed by atoms with E-state index in [1.54, 1.807) is 22.9 Å². The third-order valence-electron chi connectivity index (χ3n) is 5.07. The monoisotopic (exact) mass is 516 g/mol. The number of ketones is 1. The van der Waals surface area contributed by atoms with Crippen molar-refractivity contribution in [3.8, 4) is 0 Å². The van der Waals surface area contributed by atoms with E-state index in [4.69, 9.17) is 11.6 Å². The summed E-state index contributed by atoms with van der Waals surface area (Å²) in [4.78, 5) is 23.6. The molecule has 0 bridgehead atoms. The maximum Gasteiger partial charge on any atom is 0.272 e. The fourth-order valence-corrected chi connectivity index (χ4v) is 6.06. The molecule has 34 heavy (non-hydrogen) atoms. The van der Waals surface area contributed by atoms with Gasteiger partial charge in [-0.2, -0.15) is 5.10 Å². The average molecular weight is 517 g/mol. The molecule has 1 amide bonds. The largest absolute Gasteiger partial charge is 0.352 e. The predicted molar refractivity (Wildman–Crippen MR) is 133 cm³/mol. The van der Waals surface area contributed by atoms with Crippen LogP contribution in [0.25, 0.3) is 10.9 Å². The van der Waals surface area contributed by atoms with Crippen molar-refractivity contribution in [3.05, 3.63) is 75.6 Å². The minimum Gasteiger partial charge on any atom is -0.352 e. The van der Waals surface area contributed by atoms with E-state index in [0.717, 1.165) is 22.5 Å². The molecule has 176 valence electrons. The van der Waals surface area contributed by atoms with Crippen LogP contribution in [-0.4, -0.2) is 29.9 Å². The van der Waals surface area contributed by atoms with Gasteiger partial charge in [-0.15, -0.1) is 11.3 Å². The zero-order chi connectivity index (χ0) is 24.5. The molecule has 0 aliphatic rings. The Hall–Kier alpha value is -3.21. The molecule has 4 rings (SSSR count). The zero-order valence-corrected chi connectivity index (χ0v) is 20.7. The zero-order valence-electron chi connectivity index (χ0n) is 18.3. The number of sulfonamides is 1. The van der Waals surface area contributed by atoms with Crippen molar-refractivity contribution in [2.75, 3.05) is 4.72 Å². The first kappa shape index (κ1) is 23.9. The lowest BCUT2D eigenvalue weighted by atomic mass is 10.1.